The molecule has 35 heavy (non-hydrogen) atoms. The Kier molecular flexibility index (Phi) is 11.9. The van der Waals surface area contributed by atoms with Crippen LogP contribution in [0.1, 0.15) is 76.0 Å². The Bertz CT molecular complexity index is 962. The van der Waals surface area contributed by atoms with Crippen molar-refractivity contribution in [3.05, 3.63) is 89.5 Å². The van der Waals surface area contributed by atoms with Crippen LogP contribution >= 0.6 is 28.5 Å². The van der Waals surface area contributed by atoms with Gasteiger partial charge in [0.1, 0.15) is 5.75 Å². The first-order chi connectivity index (χ1) is 17.1. The third-order valence-corrected chi connectivity index (χ3v) is 12.3. The third kappa shape index (κ3) is 8.77. The molecule has 0 amide bonds. The lowest BCUT2D eigenvalue weighted by atomic mass is 10.1. The van der Waals surface area contributed by atoms with E-state index < -0.39 is 5.77 Å². The van der Waals surface area contributed by atoms with Crippen molar-refractivity contribution < 1.29 is 9.09 Å². The summed E-state index contributed by atoms with van der Waals surface area (Å²) in [6.45, 7) is 6.61. The number of unbranched alkanes of at least 4 members (excludes halogenated alkanes) is 3. The van der Waals surface area contributed by atoms with Crippen molar-refractivity contribution in [2.24, 2.45) is 0 Å². The zero-order valence-electron chi connectivity index (χ0n) is 21.4. The van der Waals surface area contributed by atoms with E-state index in [0.717, 1.165) is 78.9 Å². The minimum atomic E-state index is -3.23. The maximum atomic E-state index is 14.7. The van der Waals surface area contributed by atoms with E-state index in [-0.39, 0.29) is 0 Å². The molecular weight excluding hydrogens is 487 g/mol. The van der Waals surface area contributed by atoms with Crippen molar-refractivity contribution in [2.75, 3.05) is 0 Å². The van der Waals surface area contributed by atoms with E-state index in [1.807, 2.05) is 30.3 Å². The molecule has 0 saturated carbocycles. The molecule has 0 aliphatic rings. The summed E-state index contributed by atoms with van der Waals surface area (Å²) in [5, 5.41) is 0. The molecule has 0 radical (unpaired) electrons. The summed E-state index contributed by atoms with van der Waals surface area (Å²) >= 11 is 2.84. The van der Waals surface area contributed by atoms with E-state index in [1.54, 1.807) is 0 Å². The Morgan fingerprint density at radius 1 is 0.600 bits per heavy atom. The van der Waals surface area contributed by atoms with Gasteiger partial charge in [0, 0.05) is 9.79 Å². The van der Waals surface area contributed by atoms with Gasteiger partial charge in [-0.15, -0.1) is 0 Å². The normalized spacial score (nSPS) is 11.5. The predicted molar refractivity (Wildman–Crippen MR) is 155 cm³/mol. The number of para-hydroxylation sites is 1. The fraction of sp³-hybridized carbons (Fsp3) is 0.400. The van der Waals surface area contributed by atoms with Gasteiger partial charge >= 0.3 is 5.77 Å². The van der Waals surface area contributed by atoms with Gasteiger partial charge in [0.15, 0.2) is 0 Å². The van der Waals surface area contributed by atoms with Gasteiger partial charge in [-0.05, 0) is 96.2 Å². The fourth-order valence-corrected chi connectivity index (χ4v) is 10.9. The molecule has 188 valence electrons. The van der Waals surface area contributed by atoms with Crippen molar-refractivity contribution in [1.82, 2.24) is 0 Å². The number of aryl methyl sites for hydroxylation is 3. The van der Waals surface area contributed by atoms with Gasteiger partial charge in [0.25, 0.3) is 0 Å². The Balaban J connectivity index is 1.98. The molecule has 3 rings (SSSR count). The lowest BCUT2D eigenvalue weighted by Crippen LogP contribution is -1.96. The summed E-state index contributed by atoms with van der Waals surface area (Å²) in [5.74, 6) is -2.48. The van der Waals surface area contributed by atoms with Crippen LogP contribution in [-0.2, 0) is 23.8 Å². The zero-order valence-corrected chi connectivity index (χ0v) is 23.9. The molecule has 0 aromatic heterocycles. The molecular formula is C30H39O2PS2. The highest BCUT2D eigenvalue weighted by molar-refractivity contribution is 8.89. The van der Waals surface area contributed by atoms with Gasteiger partial charge in [-0.3, -0.25) is 4.57 Å². The quantitative estimate of drug-likeness (QED) is 0.184. The zero-order chi connectivity index (χ0) is 24.9. The molecule has 0 unspecified atom stereocenters. The Labute approximate surface area is 220 Å². The maximum absolute atomic E-state index is 14.7. The van der Waals surface area contributed by atoms with Gasteiger partial charge in [-0.1, -0.05) is 94.6 Å². The summed E-state index contributed by atoms with van der Waals surface area (Å²) in [6, 6.07) is 24.9. The average molecular weight is 527 g/mol. The van der Waals surface area contributed by atoms with Gasteiger partial charge in [0.05, 0.1) is 0 Å². The lowest BCUT2D eigenvalue weighted by molar-refractivity contribution is 0.511. The second-order valence-corrected chi connectivity index (χ2v) is 15.8. The van der Waals surface area contributed by atoms with Gasteiger partial charge in [0.2, 0.25) is 0 Å². The molecule has 0 fully saturated rings. The average Bonchev–Trinajstić information content (AvgIpc) is 2.87. The third-order valence-electron chi connectivity index (χ3n) is 5.95. The van der Waals surface area contributed by atoms with Crippen LogP contribution < -0.4 is 4.52 Å². The molecule has 0 aliphatic heterocycles. The monoisotopic (exact) mass is 526 g/mol. The molecule has 0 heterocycles. The van der Waals surface area contributed by atoms with Crippen LogP contribution in [0.15, 0.2) is 82.6 Å². The van der Waals surface area contributed by atoms with E-state index in [4.69, 9.17) is 4.52 Å². The van der Waals surface area contributed by atoms with Crippen LogP contribution in [0.25, 0.3) is 0 Å². The van der Waals surface area contributed by atoms with Crippen LogP contribution in [-0.4, -0.2) is 0 Å². The maximum Gasteiger partial charge on any atom is 0.369 e. The van der Waals surface area contributed by atoms with Crippen LogP contribution in [0.5, 0.6) is 5.75 Å². The van der Waals surface area contributed by atoms with Crippen LogP contribution in [0.2, 0.25) is 0 Å². The Morgan fingerprint density at radius 2 is 1.00 bits per heavy atom. The molecule has 0 spiro atoms. The first kappa shape index (κ1) is 28.0. The molecule has 5 heteroatoms. The summed E-state index contributed by atoms with van der Waals surface area (Å²) in [5.41, 5.74) is 3.64. The first-order valence-electron chi connectivity index (χ1n) is 13.0. The summed E-state index contributed by atoms with van der Waals surface area (Å²) in [4.78, 5) is 2.13. The smallest absolute Gasteiger partial charge is 0.369 e. The van der Waals surface area contributed by atoms with Crippen molar-refractivity contribution in [2.45, 2.75) is 88.3 Å². The van der Waals surface area contributed by atoms with E-state index in [1.165, 1.54) is 33.9 Å². The first-order valence-corrected chi connectivity index (χ1v) is 17.5. The van der Waals surface area contributed by atoms with Crippen molar-refractivity contribution >= 4 is 28.5 Å². The highest BCUT2D eigenvalue weighted by atomic mass is 33.1. The molecule has 0 N–H and O–H groups in total. The van der Waals surface area contributed by atoms with Crippen LogP contribution in [0.3, 0.4) is 0 Å². The second-order valence-electron chi connectivity index (χ2n) is 8.85. The Hall–Kier alpha value is -1.61. The molecule has 0 aliphatic carbocycles. The number of rotatable bonds is 15. The largest absolute Gasteiger partial charge is 0.428 e. The molecule has 0 bridgehead atoms. The van der Waals surface area contributed by atoms with E-state index >= 15 is 0 Å². The minimum absolute atomic E-state index is 0.751. The Morgan fingerprint density at radius 3 is 1.49 bits per heavy atom. The minimum Gasteiger partial charge on any atom is -0.428 e. The van der Waals surface area contributed by atoms with Crippen molar-refractivity contribution in [3.63, 3.8) is 0 Å². The van der Waals surface area contributed by atoms with E-state index in [0.29, 0.717) is 0 Å². The van der Waals surface area contributed by atoms with E-state index in [9.17, 15) is 4.57 Å². The van der Waals surface area contributed by atoms with Crippen LogP contribution in [0, 0.1) is 0 Å². The second kappa shape index (κ2) is 14.8. The highest BCUT2D eigenvalue weighted by Crippen LogP contribution is 2.74. The van der Waals surface area contributed by atoms with Crippen molar-refractivity contribution in [1.29, 1.82) is 0 Å². The topological polar surface area (TPSA) is 26.3 Å². The summed E-state index contributed by atoms with van der Waals surface area (Å²) < 4.78 is 21.2. The SMILES string of the molecule is CCCCc1ccccc1OP(=O)(Sc1ccccc1CCCC)Sc1ccccc1CCCC. The predicted octanol–water partition coefficient (Wildman–Crippen LogP) is 10.8. The highest BCUT2D eigenvalue weighted by Gasteiger charge is 2.31. The van der Waals surface area contributed by atoms with Gasteiger partial charge in [-0.2, -0.15) is 0 Å². The van der Waals surface area contributed by atoms with Gasteiger partial charge in [-0.25, -0.2) is 0 Å². The summed E-state index contributed by atoms with van der Waals surface area (Å²) in [6.07, 6.45) is 9.63. The standard InChI is InChI=1S/C30H39O2PS2/c1-4-7-16-25-19-10-13-22-28(25)32-33(31,34-29-23-14-11-20-26(29)17-8-5-2)35-30-24-15-12-21-27(30)18-9-6-3/h10-15,19-24H,4-9,16-18H2,1-3H3. The number of hydrogen-bond donors (Lipinski definition) is 0. The molecule has 3 aromatic rings. The molecule has 0 atom stereocenters. The fourth-order valence-electron chi connectivity index (χ4n) is 3.92. The van der Waals surface area contributed by atoms with E-state index in [2.05, 4.69) is 63.2 Å². The lowest BCUT2D eigenvalue weighted by Gasteiger charge is -2.22. The summed E-state index contributed by atoms with van der Waals surface area (Å²) in [7, 11) is 0. The van der Waals surface area contributed by atoms with Crippen molar-refractivity contribution in [3.8, 4) is 5.75 Å². The number of benzene rings is 3. The van der Waals surface area contributed by atoms with Crippen LogP contribution in [0.4, 0.5) is 0 Å². The van der Waals surface area contributed by atoms with Gasteiger partial charge < -0.3 is 4.52 Å². The number of hydrogen-bond acceptors (Lipinski definition) is 4. The molecule has 2 nitrogen and oxygen atoms in total. The molecule has 3 aromatic carbocycles. The molecule has 0 saturated heterocycles.